The zero-order valence-corrected chi connectivity index (χ0v) is 10.3. The van der Waals surface area contributed by atoms with Gasteiger partial charge in [0.05, 0.1) is 35.7 Å². The highest BCUT2D eigenvalue weighted by atomic mass is 16.4. The van der Waals surface area contributed by atoms with Crippen LogP contribution in [0.2, 0.25) is 0 Å². The Hall–Kier alpha value is -2.63. The highest BCUT2D eigenvalue weighted by Gasteiger charge is 2.12. The third-order valence-electron chi connectivity index (χ3n) is 3.07. The van der Waals surface area contributed by atoms with E-state index in [9.17, 15) is 4.79 Å². The molecule has 0 unspecified atom stereocenters. The molecule has 19 heavy (non-hydrogen) atoms. The van der Waals surface area contributed by atoms with Gasteiger partial charge in [-0.3, -0.25) is 9.89 Å². The van der Waals surface area contributed by atoms with Gasteiger partial charge in [-0.1, -0.05) is 6.07 Å². The molecule has 6 nitrogen and oxygen atoms in total. The summed E-state index contributed by atoms with van der Waals surface area (Å²) >= 11 is 0. The van der Waals surface area contributed by atoms with Crippen molar-refractivity contribution in [3.8, 4) is 11.3 Å². The molecule has 0 saturated heterocycles. The summed E-state index contributed by atoms with van der Waals surface area (Å²) in [5.74, 6) is -0.874. The number of nitrogens with one attached hydrogen (secondary N) is 1. The van der Waals surface area contributed by atoms with Gasteiger partial charge in [-0.05, 0) is 12.1 Å². The van der Waals surface area contributed by atoms with Gasteiger partial charge in [0.1, 0.15) is 0 Å². The number of aromatic nitrogens is 4. The van der Waals surface area contributed by atoms with Crippen molar-refractivity contribution in [2.24, 2.45) is 7.05 Å². The summed E-state index contributed by atoms with van der Waals surface area (Å²) in [4.78, 5) is 15.1. The predicted octanol–water partition coefficient (Wildman–Crippen LogP) is 1.59. The molecular formula is C13H12N4O2. The molecule has 0 atom stereocenters. The molecule has 3 aromatic rings. The molecule has 6 heteroatoms. The maximum Gasteiger partial charge on any atom is 0.307 e. The summed E-state index contributed by atoms with van der Waals surface area (Å²) in [5.41, 5.74) is 4.19. The van der Waals surface area contributed by atoms with Crippen molar-refractivity contribution in [1.29, 1.82) is 0 Å². The maximum atomic E-state index is 10.8. The second-order valence-electron chi connectivity index (χ2n) is 4.40. The first-order valence-electron chi connectivity index (χ1n) is 5.80. The second kappa shape index (κ2) is 4.24. The number of carboxylic acid groups (broad SMARTS) is 1. The van der Waals surface area contributed by atoms with Crippen LogP contribution in [0.15, 0.2) is 30.7 Å². The van der Waals surface area contributed by atoms with Gasteiger partial charge < -0.3 is 9.67 Å². The highest BCUT2D eigenvalue weighted by molar-refractivity contribution is 5.83. The minimum atomic E-state index is -0.874. The Morgan fingerprint density at radius 3 is 3.11 bits per heavy atom. The summed E-state index contributed by atoms with van der Waals surface area (Å²) in [6.45, 7) is 0. The summed E-state index contributed by atoms with van der Waals surface area (Å²) in [6.07, 6.45) is 3.25. The normalized spacial score (nSPS) is 11.0. The smallest absolute Gasteiger partial charge is 0.307 e. The van der Waals surface area contributed by atoms with Crippen LogP contribution in [0.4, 0.5) is 0 Å². The van der Waals surface area contributed by atoms with E-state index < -0.39 is 5.97 Å². The third-order valence-corrected chi connectivity index (χ3v) is 3.07. The van der Waals surface area contributed by atoms with Crippen LogP contribution in [-0.2, 0) is 18.3 Å². The lowest BCUT2D eigenvalue weighted by molar-refractivity contribution is -0.136. The molecule has 0 aliphatic carbocycles. The van der Waals surface area contributed by atoms with E-state index in [1.165, 1.54) is 0 Å². The SMILES string of the molecule is Cn1cnc2cc(-c3[nH]ncc3CC(=O)O)ccc21. The number of fused-ring (bicyclic) bond motifs is 1. The minimum absolute atomic E-state index is 0.0495. The van der Waals surface area contributed by atoms with Crippen LogP contribution in [-0.4, -0.2) is 30.8 Å². The van der Waals surface area contributed by atoms with Crippen molar-refractivity contribution >= 4 is 17.0 Å². The number of H-pyrrole nitrogens is 1. The minimum Gasteiger partial charge on any atom is -0.481 e. The molecule has 0 fully saturated rings. The van der Waals surface area contributed by atoms with E-state index in [-0.39, 0.29) is 6.42 Å². The van der Waals surface area contributed by atoms with Crippen LogP contribution in [0, 0.1) is 0 Å². The van der Waals surface area contributed by atoms with Crippen molar-refractivity contribution in [2.45, 2.75) is 6.42 Å². The first kappa shape index (κ1) is 11.5. The number of nitrogens with zero attached hydrogens (tertiary/aromatic N) is 3. The molecule has 1 aromatic carbocycles. The Kier molecular flexibility index (Phi) is 2.56. The topological polar surface area (TPSA) is 83.8 Å². The molecule has 96 valence electrons. The van der Waals surface area contributed by atoms with Crippen molar-refractivity contribution in [2.75, 3.05) is 0 Å². The fraction of sp³-hybridized carbons (Fsp3) is 0.154. The van der Waals surface area contributed by atoms with Crippen molar-refractivity contribution in [3.05, 3.63) is 36.3 Å². The standard InChI is InChI=1S/C13H12N4O2/c1-17-7-14-10-4-8(2-3-11(10)17)13-9(5-12(18)19)6-15-16-13/h2-4,6-7H,5H2,1H3,(H,15,16)(H,18,19). The van der Waals surface area contributed by atoms with Crippen molar-refractivity contribution in [1.82, 2.24) is 19.7 Å². The molecule has 0 saturated carbocycles. The number of hydrogen-bond acceptors (Lipinski definition) is 3. The highest BCUT2D eigenvalue weighted by Crippen LogP contribution is 2.25. The largest absolute Gasteiger partial charge is 0.481 e. The summed E-state index contributed by atoms with van der Waals surface area (Å²) in [7, 11) is 1.93. The number of aromatic amines is 1. The fourth-order valence-electron chi connectivity index (χ4n) is 2.15. The molecule has 2 N–H and O–H groups in total. The van der Waals surface area contributed by atoms with Crippen molar-refractivity contribution < 1.29 is 9.90 Å². The Morgan fingerprint density at radius 2 is 2.32 bits per heavy atom. The summed E-state index contributed by atoms with van der Waals surface area (Å²) in [5, 5.41) is 15.6. The van der Waals surface area contributed by atoms with Gasteiger partial charge in [0, 0.05) is 18.2 Å². The Bertz CT molecular complexity index is 757. The van der Waals surface area contributed by atoms with E-state index in [1.807, 2.05) is 29.8 Å². The number of aryl methyl sites for hydroxylation is 1. The Balaban J connectivity index is 2.09. The maximum absolute atomic E-state index is 10.8. The zero-order chi connectivity index (χ0) is 13.4. The van der Waals surface area contributed by atoms with E-state index in [4.69, 9.17) is 5.11 Å². The van der Waals surface area contributed by atoms with Crippen LogP contribution in [0.1, 0.15) is 5.56 Å². The molecular weight excluding hydrogens is 244 g/mol. The third kappa shape index (κ3) is 1.97. The Morgan fingerprint density at radius 1 is 1.47 bits per heavy atom. The van der Waals surface area contributed by atoms with Gasteiger partial charge in [-0.25, -0.2) is 4.98 Å². The number of imidazole rings is 1. The number of carboxylic acids is 1. The Labute approximate surface area is 108 Å². The van der Waals surface area contributed by atoms with E-state index in [0.29, 0.717) is 5.56 Å². The van der Waals surface area contributed by atoms with Gasteiger partial charge in [0.25, 0.3) is 0 Å². The van der Waals surface area contributed by atoms with Crippen LogP contribution in [0.5, 0.6) is 0 Å². The van der Waals surface area contributed by atoms with E-state index in [1.54, 1.807) is 12.5 Å². The molecule has 3 rings (SSSR count). The lowest BCUT2D eigenvalue weighted by atomic mass is 10.1. The lowest BCUT2D eigenvalue weighted by Gasteiger charge is -2.02. The first-order valence-corrected chi connectivity index (χ1v) is 5.80. The van der Waals surface area contributed by atoms with Gasteiger partial charge in [0.2, 0.25) is 0 Å². The van der Waals surface area contributed by atoms with E-state index in [2.05, 4.69) is 15.2 Å². The molecule has 2 heterocycles. The number of aliphatic carboxylic acids is 1. The average Bonchev–Trinajstić information content (AvgIpc) is 2.96. The number of rotatable bonds is 3. The molecule has 0 aliphatic heterocycles. The van der Waals surface area contributed by atoms with Gasteiger partial charge in [-0.15, -0.1) is 0 Å². The van der Waals surface area contributed by atoms with Gasteiger partial charge in [0.15, 0.2) is 0 Å². The van der Waals surface area contributed by atoms with Gasteiger partial charge in [-0.2, -0.15) is 5.10 Å². The quantitative estimate of drug-likeness (QED) is 0.745. The molecule has 2 aromatic heterocycles. The zero-order valence-electron chi connectivity index (χ0n) is 10.3. The monoisotopic (exact) mass is 256 g/mol. The van der Waals surface area contributed by atoms with Crippen LogP contribution >= 0.6 is 0 Å². The fourth-order valence-corrected chi connectivity index (χ4v) is 2.15. The van der Waals surface area contributed by atoms with E-state index >= 15 is 0 Å². The number of benzene rings is 1. The molecule has 0 spiro atoms. The number of carbonyl (C=O) groups is 1. The van der Waals surface area contributed by atoms with Gasteiger partial charge >= 0.3 is 5.97 Å². The van der Waals surface area contributed by atoms with Crippen LogP contribution in [0.25, 0.3) is 22.3 Å². The molecule has 0 bridgehead atoms. The molecule has 0 radical (unpaired) electrons. The average molecular weight is 256 g/mol. The van der Waals surface area contributed by atoms with Crippen LogP contribution in [0.3, 0.4) is 0 Å². The van der Waals surface area contributed by atoms with Crippen LogP contribution < -0.4 is 0 Å². The second-order valence-corrected chi connectivity index (χ2v) is 4.40. The molecule has 0 amide bonds. The first-order chi connectivity index (χ1) is 9.15. The summed E-state index contributed by atoms with van der Waals surface area (Å²) in [6, 6.07) is 5.82. The lowest BCUT2D eigenvalue weighted by Crippen LogP contribution is -2.00. The number of hydrogen-bond donors (Lipinski definition) is 2. The van der Waals surface area contributed by atoms with E-state index in [0.717, 1.165) is 22.3 Å². The summed E-state index contributed by atoms with van der Waals surface area (Å²) < 4.78 is 1.93. The molecule has 0 aliphatic rings. The predicted molar refractivity (Wildman–Crippen MR) is 69.6 cm³/mol. The van der Waals surface area contributed by atoms with Crippen molar-refractivity contribution in [3.63, 3.8) is 0 Å².